The molecular formula is C14H14N2O7. The van der Waals surface area contributed by atoms with Crippen LogP contribution in [-0.4, -0.2) is 62.2 Å². The average molecular weight is 322 g/mol. The summed E-state index contributed by atoms with van der Waals surface area (Å²) >= 11 is 0. The highest BCUT2D eigenvalue weighted by Gasteiger charge is 2.51. The molecule has 0 radical (unpaired) electrons. The summed E-state index contributed by atoms with van der Waals surface area (Å²) in [5.41, 5.74) is 3.25. The predicted molar refractivity (Wildman–Crippen MR) is 75.0 cm³/mol. The van der Waals surface area contributed by atoms with Gasteiger partial charge in [-0.25, -0.2) is 9.59 Å². The Hall–Kier alpha value is -2.94. The van der Waals surface area contributed by atoms with Crippen LogP contribution in [0.5, 0.6) is 0 Å². The van der Waals surface area contributed by atoms with Crippen LogP contribution in [0.25, 0.3) is 0 Å². The number of hydrogen-bond donors (Lipinski definition) is 4. The first-order chi connectivity index (χ1) is 10.7. The molecule has 0 saturated carbocycles. The topological polar surface area (TPSA) is 158 Å². The number of aromatic carboxylic acids is 1. The Morgan fingerprint density at radius 1 is 1.09 bits per heavy atom. The molecule has 1 fully saturated rings. The zero-order chi connectivity index (χ0) is 17.4. The number of nitrogens with zero attached hydrogens (tertiary/aromatic N) is 1. The molecule has 1 aromatic carbocycles. The molecule has 2 rings (SSSR count). The van der Waals surface area contributed by atoms with Gasteiger partial charge in [-0.15, -0.1) is 0 Å². The molecule has 0 aliphatic carbocycles. The molecule has 23 heavy (non-hydrogen) atoms. The Morgan fingerprint density at radius 2 is 1.65 bits per heavy atom. The summed E-state index contributed by atoms with van der Waals surface area (Å²) in [5.74, 6) is -5.06. The highest BCUT2D eigenvalue weighted by atomic mass is 16.4. The minimum absolute atomic E-state index is 0.221. The van der Waals surface area contributed by atoms with Gasteiger partial charge in [0.15, 0.2) is 0 Å². The molecule has 1 saturated heterocycles. The smallest absolute Gasteiger partial charge is 0.336 e. The van der Waals surface area contributed by atoms with Crippen LogP contribution in [0.1, 0.15) is 27.1 Å². The second-order valence-electron chi connectivity index (χ2n) is 5.30. The number of likely N-dealkylation sites (tertiary alicyclic amines) is 1. The lowest BCUT2D eigenvalue weighted by atomic mass is 9.98. The van der Waals surface area contributed by atoms with Gasteiger partial charge in [-0.05, 0) is 12.1 Å². The van der Waals surface area contributed by atoms with Crippen LogP contribution in [0.3, 0.4) is 0 Å². The van der Waals surface area contributed by atoms with Gasteiger partial charge in [-0.1, -0.05) is 12.1 Å². The summed E-state index contributed by atoms with van der Waals surface area (Å²) in [6.07, 6.45) is -0.460. The van der Waals surface area contributed by atoms with Crippen molar-refractivity contribution in [2.24, 2.45) is 5.73 Å². The van der Waals surface area contributed by atoms with E-state index in [1.54, 1.807) is 0 Å². The Labute approximate surface area is 129 Å². The lowest BCUT2D eigenvalue weighted by Gasteiger charge is -2.22. The number of carbonyl (C=O) groups excluding carboxylic acids is 1. The van der Waals surface area contributed by atoms with Gasteiger partial charge < -0.3 is 26.0 Å². The maximum absolute atomic E-state index is 12.5. The molecule has 0 unspecified atom stereocenters. The zero-order valence-corrected chi connectivity index (χ0v) is 11.8. The van der Waals surface area contributed by atoms with Crippen molar-refractivity contribution >= 4 is 23.8 Å². The summed E-state index contributed by atoms with van der Waals surface area (Å²) in [4.78, 5) is 47.1. The second kappa shape index (κ2) is 5.69. The fourth-order valence-corrected chi connectivity index (χ4v) is 2.53. The molecule has 1 heterocycles. The van der Waals surface area contributed by atoms with Gasteiger partial charge in [0.1, 0.15) is 11.6 Å². The first-order valence-electron chi connectivity index (χ1n) is 6.56. The Balaban J connectivity index is 2.43. The maximum Gasteiger partial charge on any atom is 0.336 e. The van der Waals surface area contributed by atoms with Gasteiger partial charge in [0, 0.05) is 6.42 Å². The number of carboxylic acids is 3. The minimum atomic E-state index is -1.89. The number of carbonyl (C=O) groups is 4. The highest BCUT2D eigenvalue weighted by Crippen LogP contribution is 2.28. The molecule has 1 amide bonds. The molecule has 9 nitrogen and oxygen atoms in total. The summed E-state index contributed by atoms with van der Waals surface area (Å²) in [6, 6.07) is 3.85. The molecule has 2 atom stereocenters. The van der Waals surface area contributed by atoms with E-state index in [2.05, 4.69) is 0 Å². The number of benzene rings is 1. The Morgan fingerprint density at radius 3 is 2.13 bits per heavy atom. The summed E-state index contributed by atoms with van der Waals surface area (Å²) in [7, 11) is 0. The molecular weight excluding hydrogens is 308 g/mol. The van der Waals surface area contributed by atoms with E-state index in [0.29, 0.717) is 0 Å². The largest absolute Gasteiger partial charge is 0.480 e. The molecule has 122 valence electrons. The first kappa shape index (κ1) is 16.4. The van der Waals surface area contributed by atoms with E-state index in [-0.39, 0.29) is 11.1 Å². The van der Waals surface area contributed by atoms with E-state index < -0.39 is 48.4 Å². The van der Waals surface area contributed by atoms with E-state index in [1.165, 1.54) is 24.3 Å². The molecule has 0 spiro atoms. The van der Waals surface area contributed by atoms with Crippen molar-refractivity contribution in [2.75, 3.05) is 6.54 Å². The number of hydrogen-bond acceptors (Lipinski definition) is 5. The first-order valence-corrected chi connectivity index (χ1v) is 6.56. The van der Waals surface area contributed by atoms with E-state index in [4.69, 9.17) is 15.9 Å². The standard InChI is InChI=1S/C14H14N2O7/c15-14(13(22)23)5-9(12(20)21)16(6-14)10(17)7-3-1-2-4-8(7)11(18)19/h1-4,9H,5-6,15H2,(H,18,19)(H,20,21)(H,22,23)/t9-,14+/m0/s1. The third-order valence-corrected chi connectivity index (χ3v) is 3.75. The molecule has 0 bridgehead atoms. The van der Waals surface area contributed by atoms with E-state index >= 15 is 0 Å². The monoisotopic (exact) mass is 322 g/mol. The summed E-state index contributed by atoms with van der Waals surface area (Å²) in [5, 5.41) is 27.5. The Kier molecular flexibility index (Phi) is 4.06. The van der Waals surface area contributed by atoms with E-state index in [1.807, 2.05) is 0 Å². The molecule has 0 aromatic heterocycles. The van der Waals surface area contributed by atoms with E-state index in [9.17, 15) is 24.3 Å². The SMILES string of the molecule is N[C@]1(C(=O)O)C[C@@H](C(=O)O)N(C(=O)c2ccccc2C(=O)O)C1. The third-order valence-electron chi connectivity index (χ3n) is 3.75. The maximum atomic E-state index is 12.5. The van der Waals surface area contributed by atoms with Crippen molar-refractivity contribution in [1.82, 2.24) is 4.90 Å². The van der Waals surface area contributed by atoms with Crippen LogP contribution in [0, 0.1) is 0 Å². The lowest BCUT2D eigenvalue weighted by Crippen LogP contribution is -2.50. The van der Waals surface area contributed by atoms with Gasteiger partial charge >= 0.3 is 17.9 Å². The summed E-state index contributed by atoms with van der Waals surface area (Å²) in [6.45, 7) is -0.522. The molecule has 9 heteroatoms. The van der Waals surface area contributed by atoms with Crippen LogP contribution >= 0.6 is 0 Å². The van der Waals surface area contributed by atoms with Crippen LogP contribution in [-0.2, 0) is 9.59 Å². The molecule has 5 N–H and O–H groups in total. The quantitative estimate of drug-likeness (QED) is 0.575. The molecule has 1 aliphatic heterocycles. The predicted octanol–water partition coefficient (Wildman–Crippen LogP) is -0.534. The normalized spacial score (nSPS) is 23.5. The van der Waals surface area contributed by atoms with Crippen molar-refractivity contribution in [1.29, 1.82) is 0 Å². The van der Waals surface area contributed by atoms with Gasteiger partial charge in [0.05, 0.1) is 17.7 Å². The number of nitrogens with two attached hydrogens (primary N) is 1. The van der Waals surface area contributed by atoms with Crippen molar-refractivity contribution in [3.8, 4) is 0 Å². The number of amides is 1. The average Bonchev–Trinajstić information content (AvgIpc) is 2.86. The van der Waals surface area contributed by atoms with Crippen LogP contribution < -0.4 is 5.73 Å². The van der Waals surface area contributed by atoms with E-state index in [0.717, 1.165) is 4.90 Å². The van der Waals surface area contributed by atoms with Crippen molar-refractivity contribution in [3.05, 3.63) is 35.4 Å². The minimum Gasteiger partial charge on any atom is -0.480 e. The van der Waals surface area contributed by atoms with Crippen molar-refractivity contribution in [3.63, 3.8) is 0 Å². The fraction of sp³-hybridized carbons (Fsp3) is 0.286. The van der Waals surface area contributed by atoms with Crippen LogP contribution in [0.2, 0.25) is 0 Å². The fourth-order valence-electron chi connectivity index (χ4n) is 2.53. The Bertz CT molecular complexity index is 702. The highest BCUT2D eigenvalue weighted by molar-refractivity contribution is 6.06. The number of aliphatic carboxylic acids is 2. The number of carboxylic acid groups (broad SMARTS) is 3. The molecule has 1 aromatic rings. The zero-order valence-electron chi connectivity index (χ0n) is 11.8. The van der Waals surface area contributed by atoms with Crippen LogP contribution in [0.4, 0.5) is 0 Å². The second-order valence-corrected chi connectivity index (χ2v) is 5.30. The van der Waals surface area contributed by atoms with Crippen LogP contribution in [0.15, 0.2) is 24.3 Å². The van der Waals surface area contributed by atoms with Gasteiger partial charge in [0.25, 0.3) is 5.91 Å². The van der Waals surface area contributed by atoms with Crippen molar-refractivity contribution < 1.29 is 34.5 Å². The molecule has 1 aliphatic rings. The van der Waals surface area contributed by atoms with Gasteiger partial charge in [-0.3, -0.25) is 9.59 Å². The number of rotatable bonds is 4. The van der Waals surface area contributed by atoms with Gasteiger partial charge in [-0.2, -0.15) is 0 Å². The van der Waals surface area contributed by atoms with Crippen molar-refractivity contribution in [2.45, 2.75) is 18.0 Å². The summed E-state index contributed by atoms with van der Waals surface area (Å²) < 4.78 is 0. The lowest BCUT2D eigenvalue weighted by molar-refractivity contribution is -0.143. The third kappa shape index (κ3) is 2.86. The van der Waals surface area contributed by atoms with Gasteiger partial charge in [0.2, 0.25) is 0 Å².